The molecule has 11 heteroatoms. The van der Waals surface area contributed by atoms with Gasteiger partial charge in [-0.2, -0.15) is 13.2 Å². The van der Waals surface area contributed by atoms with Crippen LogP contribution in [0.3, 0.4) is 0 Å². The van der Waals surface area contributed by atoms with Crippen molar-refractivity contribution in [2.75, 3.05) is 5.32 Å². The summed E-state index contributed by atoms with van der Waals surface area (Å²) in [6.45, 7) is 0.134. The van der Waals surface area contributed by atoms with Crippen molar-refractivity contribution in [1.82, 2.24) is 10.3 Å². The van der Waals surface area contributed by atoms with E-state index in [-0.39, 0.29) is 22.2 Å². The number of rotatable bonds is 4. The van der Waals surface area contributed by atoms with Crippen LogP contribution in [0.25, 0.3) is 10.9 Å². The minimum Gasteiger partial charge on any atom is -0.859 e. The van der Waals surface area contributed by atoms with Gasteiger partial charge in [0.25, 0.3) is 5.69 Å². The smallest absolute Gasteiger partial charge is 0.416 e. The number of aromatic nitrogens is 1. The fraction of sp³-hybridized carbons (Fsp3) is 0.105. The van der Waals surface area contributed by atoms with Gasteiger partial charge >= 0.3 is 6.18 Å². The first-order valence-corrected chi connectivity index (χ1v) is 9.37. The van der Waals surface area contributed by atoms with Crippen molar-refractivity contribution in [3.05, 3.63) is 80.8 Å². The molecule has 1 aliphatic rings. The number of hydrogen-bond acceptors (Lipinski definition) is 7. The highest BCUT2D eigenvalue weighted by molar-refractivity contribution is 8.03. The second kappa shape index (κ2) is 7.41. The molecule has 3 aromatic rings. The average molecular weight is 433 g/mol. The highest BCUT2D eigenvalue weighted by atomic mass is 32.2. The topological polar surface area (TPSA) is 103 Å². The second-order valence-electron chi connectivity index (χ2n) is 6.40. The number of nitro groups is 1. The van der Waals surface area contributed by atoms with Gasteiger partial charge in [-0.25, -0.2) is 0 Å². The third-order valence-electron chi connectivity index (χ3n) is 4.35. The number of hydrogen-bond donors (Lipinski definition) is 2. The summed E-state index contributed by atoms with van der Waals surface area (Å²) in [7, 11) is 0. The molecule has 2 aromatic carbocycles. The minimum atomic E-state index is -4.75. The molecule has 0 saturated heterocycles. The van der Waals surface area contributed by atoms with Gasteiger partial charge < -0.3 is 15.7 Å². The van der Waals surface area contributed by atoms with Crippen molar-refractivity contribution in [2.45, 2.75) is 17.6 Å². The largest absolute Gasteiger partial charge is 0.859 e. The lowest BCUT2D eigenvalue weighted by Crippen LogP contribution is -2.25. The maximum Gasteiger partial charge on any atom is 0.416 e. The van der Waals surface area contributed by atoms with Crippen molar-refractivity contribution < 1.29 is 23.2 Å². The normalized spacial score (nSPS) is 14.9. The summed E-state index contributed by atoms with van der Waals surface area (Å²) in [5.41, 5.74) is -0.463. The van der Waals surface area contributed by atoms with Crippen LogP contribution in [-0.4, -0.2) is 9.91 Å². The number of thioether (sulfide) groups is 1. The lowest BCUT2D eigenvalue weighted by molar-refractivity contribution is -0.387. The molecule has 0 radical (unpaired) electrons. The maximum atomic E-state index is 13.0. The predicted molar refractivity (Wildman–Crippen MR) is 103 cm³/mol. The number of nitrogens with one attached hydrogen (secondary N) is 2. The van der Waals surface area contributed by atoms with E-state index in [0.717, 1.165) is 34.3 Å². The third kappa shape index (κ3) is 3.83. The SMILES string of the molecule is O=[N+]([O-])c1cc(C(F)(F)F)cc2c1SC(=C([O-])NCc1cnc3ccccc3c1)N2. The molecule has 30 heavy (non-hydrogen) atoms. The molecule has 154 valence electrons. The zero-order valence-corrected chi connectivity index (χ0v) is 15.8. The Labute approximate surface area is 171 Å². The van der Waals surface area contributed by atoms with Crippen molar-refractivity contribution in [2.24, 2.45) is 0 Å². The van der Waals surface area contributed by atoms with E-state index in [0.29, 0.717) is 6.07 Å². The van der Waals surface area contributed by atoms with E-state index in [1.54, 1.807) is 6.20 Å². The van der Waals surface area contributed by atoms with Crippen molar-refractivity contribution in [1.29, 1.82) is 0 Å². The number of fused-ring (bicyclic) bond motifs is 2. The van der Waals surface area contributed by atoms with Crippen LogP contribution >= 0.6 is 11.8 Å². The van der Waals surface area contributed by atoms with Gasteiger partial charge in [0.2, 0.25) is 0 Å². The maximum absolute atomic E-state index is 13.0. The number of anilines is 1. The molecular formula is C19H12F3N4O3S-. The fourth-order valence-corrected chi connectivity index (χ4v) is 3.93. The standard InChI is InChI=1S/C19H13F3N4O3S/c20-19(21,22)12-6-14-16(15(7-12)26(28)29)30-18(25-14)17(27)24-9-10-5-11-3-1-2-4-13(11)23-8-10/h1-8,24-25,27H,9H2/p-1. The monoisotopic (exact) mass is 433 g/mol. The summed E-state index contributed by atoms with van der Waals surface area (Å²) in [4.78, 5) is 14.6. The number of para-hydroxylation sites is 1. The number of nitro benzene ring substituents is 1. The quantitative estimate of drug-likeness (QED) is 0.365. The molecule has 0 bridgehead atoms. The Hall–Kier alpha value is -3.47. The van der Waals surface area contributed by atoms with E-state index in [9.17, 15) is 28.4 Å². The van der Waals surface area contributed by atoms with Crippen LogP contribution in [0.1, 0.15) is 11.1 Å². The lowest BCUT2D eigenvalue weighted by atomic mass is 10.1. The number of nitrogens with zero attached hydrogens (tertiary/aromatic N) is 2. The number of pyridine rings is 1. The molecule has 0 saturated carbocycles. The molecule has 0 fully saturated rings. The zero-order valence-electron chi connectivity index (χ0n) is 15.0. The molecular weight excluding hydrogens is 421 g/mol. The van der Waals surface area contributed by atoms with Crippen LogP contribution in [0.15, 0.2) is 64.5 Å². The van der Waals surface area contributed by atoms with Crippen LogP contribution in [0.2, 0.25) is 0 Å². The molecule has 0 aliphatic carbocycles. The second-order valence-corrected chi connectivity index (χ2v) is 7.42. The Morgan fingerprint density at radius 1 is 1.23 bits per heavy atom. The Kier molecular flexibility index (Phi) is 4.90. The number of alkyl halides is 3. The molecule has 2 N–H and O–H groups in total. The third-order valence-corrected chi connectivity index (χ3v) is 5.48. The van der Waals surface area contributed by atoms with Gasteiger partial charge in [0.1, 0.15) is 4.90 Å². The van der Waals surface area contributed by atoms with E-state index in [4.69, 9.17) is 0 Å². The summed E-state index contributed by atoms with van der Waals surface area (Å²) in [5.74, 6) is -0.591. The zero-order chi connectivity index (χ0) is 21.5. The summed E-state index contributed by atoms with van der Waals surface area (Å²) >= 11 is 0.725. The van der Waals surface area contributed by atoms with Crippen LogP contribution in [0, 0.1) is 10.1 Å². The molecule has 2 heterocycles. The molecule has 1 aliphatic heterocycles. The molecule has 0 spiro atoms. The summed E-state index contributed by atoms with van der Waals surface area (Å²) < 4.78 is 39.1. The van der Waals surface area contributed by atoms with Gasteiger partial charge in [0.05, 0.1) is 26.7 Å². The fourth-order valence-electron chi connectivity index (χ4n) is 2.94. The van der Waals surface area contributed by atoms with E-state index in [1.165, 1.54) is 0 Å². The van der Waals surface area contributed by atoms with Gasteiger partial charge in [-0.1, -0.05) is 30.0 Å². The summed E-state index contributed by atoms with van der Waals surface area (Å²) in [5, 5.41) is 29.7. The van der Waals surface area contributed by atoms with Gasteiger partial charge in [-0.05, 0) is 29.6 Å². The van der Waals surface area contributed by atoms with Gasteiger partial charge in [0, 0.05) is 24.2 Å². The average Bonchev–Trinajstić information content (AvgIpc) is 3.14. The molecule has 0 atom stereocenters. The summed E-state index contributed by atoms with van der Waals surface area (Å²) in [6.07, 6.45) is -3.14. The molecule has 0 amide bonds. The first-order chi connectivity index (χ1) is 14.2. The first kappa shape index (κ1) is 19.8. The predicted octanol–water partition coefficient (Wildman–Crippen LogP) is 3.96. The Morgan fingerprint density at radius 2 is 2.00 bits per heavy atom. The van der Waals surface area contributed by atoms with E-state index in [2.05, 4.69) is 15.6 Å². The van der Waals surface area contributed by atoms with Gasteiger partial charge in [-0.3, -0.25) is 15.1 Å². The molecule has 4 rings (SSSR count). The number of halogens is 3. The molecule has 0 unspecified atom stereocenters. The van der Waals surface area contributed by atoms with Crippen molar-refractivity contribution >= 4 is 34.0 Å². The van der Waals surface area contributed by atoms with E-state index < -0.39 is 28.2 Å². The Bertz CT molecular complexity index is 1200. The highest BCUT2D eigenvalue weighted by Gasteiger charge is 2.36. The van der Waals surface area contributed by atoms with Crippen LogP contribution in [0.4, 0.5) is 24.5 Å². The van der Waals surface area contributed by atoms with Gasteiger partial charge in [0.15, 0.2) is 0 Å². The Balaban J connectivity index is 1.57. The molecule has 1 aromatic heterocycles. The molecule has 7 nitrogen and oxygen atoms in total. The first-order valence-electron chi connectivity index (χ1n) is 8.56. The van der Waals surface area contributed by atoms with Crippen molar-refractivity contribution in [3.8, 4) is 0 Å². The number of benzene rings is 2. The van der Waals surface area contributed by atoms with Crippen LogP contribution in [0.5, 0.6) is 0 Å². The van der Waals surface area contributed by atoms with E-state index >= 15 is 0 Å². The Morgan fingerprint density at radius 3 is 2.73 bits per heavy atom. The van der Waals surface area contributed by atoms with Crippen LogP contribution in [-0.2, 0) is 12.7 Å². The highest BCUT2D eigenvalue weighted by Crippen LogP contribution is 2.49. The summed E-state index contributed by atoms with van der Waals surface area (Å²) in [6, 6.07) is 10.5. The van der Waals surface area contributed by atoms with Crippen molar-refractivity contribution in [3.63, 3.8) is 0 Å². The lowest BCUT2D eigenvalue weighted by Gasteiger charge is -2.18. The van der Waals surface area contributed by atoms with Crippen LogP contribution < -0.4 is 15.7 Å². The van der Waals surface area contributed by atoms with E-state index in [1.807, 2.05) is 30.3 Å². The van der Waals surface area contributed by atoms with Gasteiger partial charge in [-0.15, -0.1) is 0 Å². The minimum absolute atomic E-state index is 0.0366.